The number of benzene rings is 2. The molecule has 5 nitrogen and oxygen atoms in total. The Morgan fingerprint density at radius 2 is 1.87 bits per heavy atom. The molecule has 8 heteroatoms. The SMILES string of the molecule is Cc1ccc(CN2CC(C(=O)NCCCc3ccc(Cl)c(Cl)c3)=C(O)C2=O)c(Cl)c1. The van der Waals surface area contributed by atoms with Crippen LogP contribution in [0.3, 0.4) is 0 Å². The molecule has 1 heterocycles. The molecule has 0 aromatic heterocycles. The standard InChI is InChI=1S/C22H21Cl3N2O3/c1-13-4-6-15(18(24)9-13)11-27-12-16(20(28)22(27)30)21(29)26-8-2-3-14-5-7-17(23)19(25)10-14/h4-7,9-10,28H,2-3,8,11-12H2,1H3,(H,26,29). The number of amides is 2. The molecule has 0 radical (unpaired) electrons. The highest BCUT2D eigenvalue weighted by molar-refractivity contribution is 6.42. The molecule has 0 aliphatic carbocycles. The fraction of sp³-hybridized carbons (Fsp3) is 0.273. The van der Waals surface area contributed by atoms with Gasteiger partial charge in [0.25, 0.3) is 11.8 Å². The van der Waals surface area contributed by atoms with Crippen molar-refractivity contribution in [3.63, 3.8) is 0 Å². The van der Waals surface area contributed by atoms with Gasteiger partial charge < -0.3 is 15.3 Å². The number of nitrogens with zero attached hydrogens (tertiary/aromatic N) is 1. The first-order chi connectivity index (χ1) is 14.3. The van der Waals surface area contributed by atoms with Crippen LogP contribution in [0.5, 0.6) is 0 Å². The van der Waals surface area contributed by atoms with Gasteiger partial charge in [-0.3, -0.25) is 9.59 Å². The molecule has 1 aliphatic heterocycles. The van der Waals surface area contributed by atoms with Crippen molar-refractivity contribution in [3.8, 4) is 0 Å². The number of carbonyl (C=O) groups excluding carboxylic acids is 2. The molecule has 0 bridgehead atoms. The maximum atomic E-state index is 12.4. The van der Waals surface area contributed by atoms with Gasteiger partial charge >= 0.3 is 0 Å². The van der Waals surface area contributed by atoms with Crippen LogP contribution in [0.25, 0.3) is 0 Å². The zero-order valence-electron chi connectivity index (χ0n) is 16.3. The van der Waals surface area contributed by atoms with E-state index in [0.717, 1.165) is 16.7 Å². The van der Waals surface area contributed by atoms with E-state index in [2.05, 4.69) is 5.32 Å². The Kier molecular flexibility index (Phi) is 7.29. The molecule has 2 aromatic carbocycles. The first kappa shape index (κ1) is 22.5. The second kappa shape index (κ2) is 9.73. The van der Waals surface area contributed by atoms with Crippen molar-refractivity contribution in [2.75, 3.05) is 13.1 Å². The molecule has 2 N–H and O–H groups in total. The third-order valence-corrected chi connectivity index (χ3v) is 5.97. The van der Waals surface area contributed by atoms with Crippen molar-refractivity contribution in [2.24, 2.45) is 0 Å². The number of hydrogen-bond acceptors (Lipinski definition) is 3. The molecule has 0 spiro atoms. The van der Waals surface area contributed by atoms with E-state index in [1.54, 1.807) is 12.1 Å². The summed E-state index contributed by atoms with van der Waals surface area (Å²) >= 11 is 18.1. The summed E-state index contributed by atoms with van der Waals surface area (Å²) in [6.07, 6.45) is 1.38. The zero-order valence-corrected chi connectivity index (χ0v) is 18.6. The van der Waals surface area contributed by atoms with E-state index >= 15 is 0 Å². The minimum Gasteiger partial charge on any atom is -0.503 e. The average Bonchev–Trinajstić information content (AvgIpc) is 2.98. The van der Waals surface area contributed by atoms with Crippen LogP contribution in [0, 0.1) is 6.92 Å². The van der Waals surface area contributed by atoms with Crippen LogP contribution in [0.15, 0.2) is 47.7 Å². The van der Waals surface area contributed by atoms with Crippen LogP contribution < -0.4 is 5.32 Å². The van der Waals surface area contributed by atoms with Crippen LogP contribution in [0.1, 0.15) is 23.1 Å². The Labute approximate surface area is 190 Å². The molecule has 1 aliphatic rings. The van der Waals surface area contributed by atoms with Gasteiger partial charge in [0.15, 0.2) is 5.76 Å². The van der Waals surface area contributed by atoms with E-state index in [-0.39, 0.29) is 18.7 Å². The quantitative estimate of drug-likeness (QED) is 0.571. The second-order valence-corrected chi connectivity index (χ2v) is 8.41. The molecular weight excluding hydrogens is 447 g/mol. The Morgan fingerprint density at radius 3 is 2.57 bits per heavy atom. The lowest BCUT2D eigenvalue weighted by molar-refractivity contribution is -0.128. The third-order valence-electron chi connectivity index (χ3n) is 4.88. The van der Waals surface area contributed by atoms with Crippen molar-refractivity contribution >= 4 is 46.6 Å². The summed E-state index contributed by atoms with van der Waals surface area (Å²) in [5, 5.41) is 14.4. The summed E-state index contributed by atoms with van der Waals surface area (Å²) in [5.41, 5.74) is 2.85. The molecule has 0 atom stereocenters. The average molecular weight is 468 g/mol. The number of halogens is 3. The molecule has 2 amide bonds. The molecule has 0 unspecified atom stereocenters. The zero-order chi connectivity index (χ0) is 21.8. The molecular formula is C22H21Cl3N2O3. The summed E-state index contributed by atoms with van der Waals surface area (Å²) in [4.78, 5) is 26.2. The summed E-state index contributed by atoms with van der Waals surface area (Å²) in [6, 6.07) is 11.0. The van der Waals surface area contributed by atoms with Crippen molar-refractivity contribution in [3.05, 3.63) is 79.5 Å². The summed E-state index contributed by atoms with van der Waals surface area (Å²) in [5.74, 6) is -1.54. The Morgan fingerprint density at radius 1 is 1.10 bits per heavy atom. The van der Waals surface area contributed by atoms with Crippen LogP contribution in [-0.4, -0.2) is 34.9 Å². The topological polar surface area (TPSA) is 69.6 Å². The van der Waals surface area contributed by atoms with Gasteiger partial charge in [0.1, 0.15) is 0 Å². The molecule has 2 aromatic rings. The lowest BCUT2D eigenvalue weighted by Gasteiger charge is -2.17. The van der Waals surface area contributed by atoms with Crippen molar-refractivity contribution in [2.45, 2.75) is 26.3 Å². The monoisotopic (exact) mass is 466 g/mol. The van der Waals surface area contributed by atoms with Crippen LogP contribution in [0.2, 0.25) is 15.1 Å². The van der Waals surface area contributed by atoms with E-state index < -0.39 is 17.6 Å². The Hall–Kier alpha value is -2.21. The number of rotatable bonds is 7. The van der Waals surface area contributed by atoms with Crippen molar-refractivity contribution in [1.82, 2.24) is 10.2 Å². The minimum absolute atomic E-state index is 0.0352. The minimum atomic E-state index is -0.576. The van der Waals surface area contributed by atoms with Gasteiger partial charge in [-0.2, -0.15) is 0 Å². The summed E-state index contributed by atoms with van der Waals surface area (Å²) in [7, 11) is 0. The van der Waals surface area contributed by atoms with E-state index in [1.165, 1.54) is 4.90 Å². The largest absolute Gasteiger partial charge is 0.503 e. The van der Waals surface area contributed by atoms with E-state index in [4.69, 9.17) is 34.8 Å². The number of hydrogen-bond donors (Lipinski definition) is 2. The maximum absolute atomic E-state index is 12.4. The number of carbonyl (C=O) groups is 2. The molecule has 0 saturated carbocycles. The highest BCUT2D eigenvalue weighted by Crippen LogP contribution is 2.25. The van der Waals surface area contributed by atoms with Crippen LogP contribution in [-0.2, 0) is 22.6 Å². The van der Waals surface area contributed by atoms with Gasteiger partial charge in [-0.1, -0.05) is 53.0 Å². The highest BCUT2D eigenvalue weighted by atomic mass is 35.5. The Balaban J connectivity index is 1.52. The fourth-order valence-corrected chi connectivity index (χ4v) is 3.82. The third kappa shape index (κ3) is 5.28. The molecule has 0 saturated heterocycles. The fourth-order valence-electron chi connectivity index (χ4n) is 3.21. The molecule has 3 rings (SSSR count). The Bertz CT molecular complexity index is 1020. The van der Waals surface area contributed by atoms with Gasteiger partial charge in [-0.15, -0.1) is 0 Å². The van der Waals surface area contributed by atoms with Crippen molar-refractivity contribution < 1.29 is 14.7 Å². The van der Waals surface area contributed by atoms with E-state index in [0.29, 0.717) is 34.5 Å². The summed E-state index contributed by atoms with van der Waals surface area (Å²) in [6.45, 7) is 2.57. The molecule has 30 heavy (non-hydrogen) atoms. The van der Waals surface area contributed by atoms with Gasteiger partial charge in [0.2, 0.25) is 0 Å². The number of aliphatic hydroxyl groups is 1. The van der Waals surface area contributed by atoms with E-state index in [1.807, 2.05) is 31.2 Å². The second-order valence-electron chi connectivity index (χ2n) is 7.19. The normalized spacial score (nSPS) is 13.9. The van der Waals surface area contributed by atoms with E-state index in [9.17, 15) is 14.7 Å². The van der Waals surface area contributed by atoms with Crippen molar-refractivity contribution in [1.29, 1.82) is 0 Å². The summed E-state index contributed by atoms with van der Waals surface area (Å²) < 4.78 is 0. The molecule has 158 valence electrons. The van der Waals surface area contributed by atoms with Gasteiger partial charge in [-0.25, -0.2) is 0 Å². The lowest BCUT2D eigenvalue weighted by atomic mass is 10.1. The highest BCUT2D eigenvalue weighted by Gasteiger charge is 2.34. The number of aryl methyl sites for hydroxylation is 2. The first-order valence-corrected chi connectivity index (χ1v) is 10.6. The maximum Gasteiger partial charge on any atom is 0.289 e. The lowest BCUT2D eigenvalue weighted by Crippen LogP contribution is -2.30. The van der Waals surface area contributed by atoms with Gasteiger partial charge in [-0.05, 0) is 54.7 Å². The van der Waals surface area contributed by atoms with Gasteiger partial charge in [0.05, 0.1) is 22.2 Å². The first-order valence-electron chi connectivity index (χ1n) is 9.45. The van der Waals surface area contributed by atoms with Crippen LogP contribution >= 0.6 is 34.8 Å². The number of nitrogens with one attached hydrogen (secondary N) is 1. The molecule has 0 fully saturated rings. The smallest absolute Gasteiger partial charge is 0.289 e. The van der Waals surface area contributed by atoms with Gasteiger partial charge in [0, 0.05) is 18.1 Å². The number of aliphatic hydroxyl groups excluding tert-OH is 1. The predicted molar refractivity (Wildman–Crippen MR) is 119 cm³/mol. The van der Waals surface area contributed by atoms with Crippen LogP contribution in [0.4, 0.5) is 0 Å². The predicted octanol–water partition coefficient (Wildman–Crippen LogP) is 4.86.